The predicted octanol–water partition coefficient (Wildman–Crippen LogP) is 0.538. The third-order valence-corrected chi connectivity index (χ3v) is 3.42. The summed E-state index contributed by atoms with van der Waals surface area (Å²) in [6.45, 7) is 0.398. The molecule has 1 aromatic rings. The molecule has 20 heavy (non-hydrogen) atoms. The number of rotatable bonds is 6. The Balaban J connectivity index is 1.94. The molecule has 6 nitrogen and oxygen atoms in total. The number of carboxylic acid groups (broad SMARTS) is 1. The topological polar surface area (TPSA) is 98.7 Å². The van der Waals surface area contributed by atoms with Crippen LogP contribution in [0.1, 0.15) is 24.3 Å². The van der Waals surface area contributed by atoms with Gasteiger partial charge in [0.2, 0.25) is 5.91 Å². The first-order valence-electron chi connectivity index (χ1n) is 6.57. The zero-order valence-corrected chi connectivity index (χ0v) is 11.0. The number of aliphatic hydroxyl groups excluding tert-OH is 1. The van der Waals surface area contributed by atoms with Crippen LogP contribution in [0, 0.1) is 0 Å². The Hall–Kier alpha value is -2.08. The average Bonchev–Trinajstić information content (AvgIpc) is 2.81. The number of carbonyl (C=O) groups is 2. The molecule has 1 heterocycles. The Morgan fingerprint density at radius 1 is 1.40 bits per heavy atom. The van der Waals surface area contributed by atoms with E-state index in [4.69, 9.17) is 10.2 Å². The first-order chi connectivity index (χ1) is 9.61. The smallest absolute Gasteiger partial charge is 0.326 e. The summed E-state index contributed by atoms with van der Waals surface area (Å²) >= 11 is 0. The van der Waals surface area contributed by atoms with E-state index >= 15 is 0 Å². The second-order valence-electron chi connectivity index (χ2n) is 4.84. The number of amides is 1. The fourth-order valence-corrected chi connectivity index (χ4v) is 2.40. The van der Waals surface area contributed by atoms with Gasteiger partial charge in [-0.2, -0.15) is 0 Å². The fraction of sp³-hybridized carbons (Fsp3) is 0.429. The number of carboxylic acids is 1. The number of carbonyl (C=O) groups excluding carboxylic acids is 1. The summed E-state index contributed by atoms with van der Waals surface area (Å²) < 4.78 is 0. The third-order valence-electron chi connectivity index (χ3n) is 3.42. The van der Waals surface area contributed by atoms with E-state index in [0.717, 1.165) is 11.3 Å². The van der Waals surface area contributed by atoms with Gasteiger partial charge in [-0.05, 0) is 11.6 Å². The molecule has 1 aliphatic heterocycles. The number of benzene rings is 1. The first-order valence-corrected chi connectivity index (χ1v) is 6.57. The summed E-state index contributed by atoms with van der Waals surface area (Å²) in [4.78, 5) is 22.8. The van der Waals surface area contributed by atoms with Gasteiger partial charge in [-0.1, -0.05) is 18.2 Å². The highest BCUT2D eigenvalue weighted by atomic mass is 16.4. The van der Waals surface area contributed by atoms with Crippen molar-refractivity contribution in [3.05, 3.63) is 29.8 Å². The van der Waals surface area contributed by atoms with Crippen LogP contribution >= 0.6 is 0 Å². The number of nitrogens with one attached hydrogen (secondary N) is 2. The van der Waals surface area contributed by atoms with E-state index in [9.17, 15) is 9.59 Å². The maximum atomic E-state index is 11.9. The number of hydrogen-bond donors (Lipinski definition) is 4. The van der Waals surface area contributed by atoms with Crippen LogP contribution in [0.3, 0.4) is 0 Å². The molecule has 1 aliphatic rings. The Kier molecular flexibility index (Phi) is 4.57. The SMILES string of the molecule is O=C(CC1CNc2ccccc21)NC(CCO)C(=O)O. The average molecular weight is 278 g/mol. The van der Waals surface area contributed by atoms with Crippen molar-refractivity contribution >= 4 is 17.6 Å². The molecule has 4 N–H and O–H groups in total. The highest BCUT2D eigenvalue weighted by molar-refractivity contribution is 5.84. The molecule has 0 aromatic heterocycles. The van der Waals surface area contributed by atoms with Gasteiger partial charge in [0.15, 0.2) is 0 Å². The molecule has 2 unspecified atom stereocenters. The largest absolute Gasteiger partial charge is 0.480 e. The van der Waals surface area contributed by atoms with Crippen LogP contribution in [0.25, 0.3) is 0 Å². The molecule has 6 heteroatoms. The van der Waals surface area contributed by atoms with Crippen LogP contribution in [-0.4, -0.2) is 41.3 Å². The Morgan fingerprint density at radius 2 is 2.15 bits per heavy atom. The van der Waals surface area contributed by atoms with E-state index in [2.05, 4.69) is 10.6 Å². The second-order valence-corrected chi connectivity index (χ2v) is 4.84. The van der Waals surface area contributed by atoms with Crippen LogP contribution in [0.4, 0.5) is 5.69 Å². The Morgan fingerprint density at radius 3 is 2.85 bits per heavy atom. The first kappa shape index (κ1) is 14.3. The summed E-state index contributed by atoms with van der Waals surface area (Å²) in [5, 5.41) is 23.4. The van der Waals surface area contributed by atoms with Crippen molar-refractivity contribution in [1.29, 1.82) is 0 Å². The molecule has 0 fully saturated rings. The van der Waals surface area contributed by atoms with E-state index < -0.39 is 12.0 Å². The lowest BCUT2D eigenvalue weighted by molar-refractivity contribution is -0.142. The van der Waals surface area contributed by atoms with Crippen molar-refractivity contribution in [1.82, 2.24) is 5.32 Å². The standard InChI is InChI=1S/C14H18N2O4/c17-6-5-12(14(19)20)16-13(18)7-9-8-15-11-4-2-1-3-10(9)11/h1-4,9,12,15,17H,5-8H2,(H,16,18)(H,19,20). The molecule has 2 rings (SSSR count). The van der Waals surface area contributed by atoms with E-state index in [0.29, 0.717) is 6.54 Å². The van der Waals surface area contributed by atoms with Crippen molar-refractivity contribution in [2.45, 2.75) is 24.8 Å². The van der Waals surface area contributed by atoms with E-state index in [1.165, 1.54) is 0 Å². The summed E-state index contributed by atoms with van der Waals surface area (Å²) in [6.07, 6.45) is 0.250. The summed E-state index contributed by atoms with van der Waals surface area (Å²) in [6, 6.07) is 6.74. The lowest BCUT2D eigenvalue weighted by atomic mass is 9.97. The van der Waals surface area contributed by atoms with Crippen molar-refractivity contribution in [3.8, 4) is 0 Å². The Bertz CT molecular complexity index is 504. The van der Waals surface area contributed by atoms with E-state index in [-0.39, 0.29) is 31.3 Å². The molecule has 0 radical (unpaired) electrons. The third kappa shape index (κ3) is 3.27. The van der Waals surface area contributed by atoms with Gasteiger partial charge in [-0.25, -0.2) is 4.79 Å². The van der Waals surface area contributed by atoms with Gasteiger partial charge in [0.05, 0.1) is 0 Å². The summed E-state index contributed by atoms with van der Waals surface area (Å²) in [5.74, 6) is -1.39. The number of para-hydroxylation sites is 1. The maximum absolute atomic E-state index is 11.9. The molecule has 1 aromatic carbocycles. The molecule has 108 valence electrons. The molecule has 0 saturated heterocycles. The van der Waals surface area contributed by atoms with Gasteiger partial charge in [0.25, 0.3) is 0 Å². The lowest BCUT2D eigenvalue weighted by Gasteiger charge is -2.15. The summed E-state index contributed by atoms with van der Waals surface area (Å²) in [5.41, 5.74) is 2.10. The molecule has 0 spiro atoms. The molecule has 0 saturated carbocycles. The van der Waals surface area contributed by atoms with Gasteiger partial charge in [0.1, 0.15) is 6.04 Å². The van der Waals surface area contributed by atoms with Crippen molar-refractivity contribution < 1.29 is 19.8 Å². The zero-order valence-electron chi connectivity index (χ0n) is 11.0. The maximum Gasteiger partial charge on any atom is 0.326 e. The normalized spacial score (nSPS) is 17.9. The van der Waals surface area contributed by atoms with Crippen LogP contribution in [0.5, 0.6) is 0 Å². The van der Waals surface area contributed by atoms with Crippen LogP contribution < -0.4 is 10.6 Å². The highest BCUT2D eigenvalue weighted by Gasteiger charge is 2.26. The molecule has 0 bridgehead atoms. The lowest BCUT2D eigenvalue weighted by Crippen LogP contribution is -2.41. The molecule has 2 atom stereocenters. The number of hydrogen-bond acceptors (Lipinski definition) is 4. The van der Waals surface area contributed by atoms with Crippen molar-refractivity contribution in [2.75, 3.05) is 18.5 Å². The van der Waals surface area contributed by atoms with Crippen molar-refractivity contribution in [3.63, 3.8) is 0 Å². The van der Waals surface area contributed by atoms with Crippen LogP contribution in [0.15, 0.2) is 24.3 Å². The van der Waals surface area contributed by atoms with Crippen molar-refractivity contribution in [2.24, 2.45) is 0 Å². The molecular formula is C14H18N2O4. The van der Waals surface area contributed by atoms with Gasteiger partial charge < -0.3 is 20.8 Å². The number of anilines is 1. The quantitative estimate of drug-likeness (QED) is 0.608. The monoisotopic (exact) mass is 278 g/mol. The van der Waals surface area contributed by atoms with Gasteiger partial charge in [-0.15, -0.1) is 0 Å². The second kappa shape index (κ2) is 6.38. The summed E-state index contributed by atoms with van der Waals surface area (Å²) in [7, 11) is 0. The minimum absolute atomic E-state index is 0.0145. The minimum atomic E-state index is -1.13. The van der Waals surface area contributed by atoms with Crippen LogP contribution in [-0.2, 0) is 9.59 Å². The van der Waals surface area contributed by atoms with Gasteiger partial charge in [-0.3, -0.25) is 4.79 Å². The number of fused-ring (bicyclic) bond motifs is 1. The minimum Gasteiger partial charge on any atom is -0.480 e. The highest BCUT2D eigenvalue weighted by Crippen LogP contribution is 2.32. The fourth-order valence-electron chi connectivity index (χ4n) is 2.40. The molecular weight excluding hydrogens is 260 g/mol. The number of aliphatic carboxylic acids is 1. The van der Waals surface area contributed by atoms with Gasteiger partial charge >= 0.3 is 5.97 Å². The predicted molar refractivity (Wildman–Crippen MR) is 73.6 cm³/mol. The number of aliphatic hydroxyl groups is 1. The molecule has 1 amide bonds. The van der Waals surface area contributed by atoms with E-state index in [1.807, 2.05) is 24.3 Å². The zero-order chi connectivity index (χ0) is 14.5. The van der Waals surface area contributed by atoms with Gasteiger partial charge in [0, 0.05) is 37.6 Å². The molecule has 0 aliphatic carbocycles. The van der Waals surface area contributed by atoms with Crippen LogP contribution in [0.2, 0.25) is 0 Å². The Labute approximate surface area is 116 Å². The van der Waals surface area contributed by atoms with E-state index in [1.54, 1.807) is 0 Å².